The highest BCUT2D eigenvalue weighted by Crippen LogP contribution is 2.32. The van der Waals surface area contributed by atoms with E-state index in [2.05, 4.69) is 10.6 Å². The molecule has 5 nitrogen and oxygen atoms in total. The number of nitrogens with one attached hydrogen (secondary N) is 2. The molecule has 20 heavy (non-hydrogen) atoms. The summed E-state index contributed by atoms with van der Waals surface area (Å²) in [4.78, 5) is 22.7. The van der Waals surface area contributed by atoms with Crippen LogP contribution in [0, 0.1) is 5.92 Å². The molecule has 114 valence electrons. The summed E-state index contributed by atoms with van der Waals surface area (Å²) < 4.78 is 0. The van der Waals surface area contributed by atoms with Crippen molar-refractivity contribution in [2.45, 2.75) is 76.4 Å². The Kier molecular flexibility index (Phi) is 5.40. The molecular weight excluding hydrogens is 256 g/mol. The predicted octanol–water partition coefficient (Wildman–Crippen LogP) is 1.67. The smallest absolute Gasteiger partial charge is 0.303 e. The molecule has 1 aliphatic heterocycles. The Morgan fingerprint density at radius 1 is 1.25 bits per heavy atom. The van der Waals surface area contributed by atoms with E-state index in [9.17, 15) is 9.59 Å². The highest BCUT2D eigenvalue weighted by Gasteiger charge is 2.34. The van der Waals surface area contributed by atoms with Gasteiger partial charge in [-0.3, -0.25) is 9.59 Å². The van der Waals surface area contributed by atoms with E-state index >= 15 is 0 Å². The van der Waals surface area contributed by atoms with Crippen molar-refractivity contribution in [3.05, 3.63) is 0 Å². The number of carbonyl (C=O) groups is 2. The molecule has 0 aromatic heterocycles. The lowest BCUT2D eigenvalue weighted by atomic mass is 9.77. The molecule has 1 heterocycles. The molecule has 3 N–H and O–H groups in total. The second-order valence-electron chi connectivity index (χ2n) is 6.29. The maximum Gasteiger partial charge on any atom is 0.303 e. The molecule has 0 bridgehead atoms. The second-order valence-corrected chi connectivity index (χ2v) is 6.29. The van der Waals surface area contributed by atoms with Crippen LogP contribution in [0.25, 0.3) is 0 Å². The number of rotatable bonds is 5. The van der Waals surface area contributed by atoms with Crippen molar-refractivity contribution < 1.29 is 14.7 Å². The Labute approximate surface area is 120 Å². The molecule has 2 rings (SSSR count). The van der Waals surface area contributed by atoms with Crippen molar-refractivity contribution in [3.8, 4) is 0 Å². The van der Waals surface area contributed by atoms with Crippen LogP contribution in [0.15, 0.2) is 0 Å². The van der Waals surface area contributed by atoms with Crippen LogP contribution in [-0.2, 0) is 9.59 Å². The van der Waals surface area contributed by atoms with Gasteiger partial charge in [0.15, 0.2) is 0 Å². The minimum Gasteiger partial charge on any atom is -0.481 e. The van der Waals surface area contributed by atoms with Gasteiger partial charge in [0.05, 0.1) is 6.04 Å². The summed E-state index contributed by atoms with van der Waals surface area (Å²) >= 11 is 0. The summed E-state index contributed by atoms with van der Waals surface area (Å²) in [5, 5.41) is 15.1. The number of amides is 1. The molecule has 5 heteroatoms. The highest BCUT2D eigenvalue weighted by atomic mass is 16.4. The van der Waals surface area contributed by atoms with Crippen LogP contribution in [0.5, 0.6) is 0 Å². The molecule has 2 fully saturated rings. The molecule has 0 spiro atoms. The first kappa shape index (κ1) is 15.3. The zero-order valence-electron chi connectivity index (χ0n) is 12.2. The third kappa shape index (κ3) is 4.20. The van der Waals surface area contributed by atoms with Crippen LogP contribution in [0.4, 0.5) is 0 Å². The number of fused-ring (bicyclic) bond motifs is 1. The van der Waals surface area contributed by atoms with Gasteiger partial charge in [-0.05, 0) is 44.9 Å². The molecule has 4 unspecified atom stereocenters. The summed E-state index contributed by atoms with van der Waals surface area (Å²) in [6.07, 6.45) is 7.69. The van der Waals surface area contributed by atoms with E-state index in [0.29, 0.717) is 12.5 Å². The number of aliphatic carboxylic acids is 1. The SMILES string of the molecule is CC(CCC(=O)O)NC(=O)C1CCC2CCCCC2N1. The number of hydrogen-bond donors (Lipinski definition) is 3. The van der Waals surface area contributed by atoms with Gasteiger partial charge in [-0.2, -0.15) is 0 Å². The molecule has 2 aliphatic rings. The van der Waals surface area contributed by atoms with Gasteiger partial charge in [0, 0.05) is 18.5 Å². The molecule has 1 saturated heterocycles. The number of carbonyl (C=O) groups excluding carboxylic acids is 1. The van der Waals surface area contributed by atoms with E-state index in [1.807, 2.05) is 6.92 Å². The van der Waals surface area contributed by atoms with Gasteiger partial charge in [0.1, 0.15) is 0 Å². The van der Waals surface area contributed by atoms with Crippen LogP contribution in [0.3, 0.4) is 0 Å². The minimum atomic E-state index is -0.813. The van der Waals surface area contributed by atoms with Crippen molar-refractivity contribution >= 4 is 11.9 Å². The van der Waals surface area contributed by atoms with Gasteiger partial charge in [-0.25, -0.2) is 0 Å². The normalized spacial score (nSPS) is 31.1. The highest BCUT2D eigenvalue weighted by molar-refractivity contribution is 5.82. The fraction of sp³-hybridized carbons (Fsp3) is 0.867. The Balaban J connectivity index is 1.76. The number of carboxylic acids is 1. The number of piperidine rings is 1. The first-order valence-corrected chi connectivity index (χ1v) is 7.84. The summed E-state index contributed by atoms with van der Waals surface area (Å²) in [5.74, 6) is -0.0314. The van der Waals surface area contributed by atoms with Crippen molar-refractivity contribution in [3.63, 3.8) is 0 Å². The zero-order chi connectivity index (χ0) is 14.5. The minimum absolute atomic E-state index is 0.0342. The average molecular weight is 282 g/mol. The predicted molar refractivity (Wildman–Crippen MR) is 76.4 cm³/mol. The monoisotopic (exact) mass is 282 g/mol. The summed E-state index contributed by atoms with van der Waals surface area (Å²) in [6, 6.07) is 0.327. The average Bonchev–Trinajstić information content (AvgIpc) is 2.44. The van der Waals surface area contributed by atoms with Crippen molar-refractivity contribution in [1.82, 2.24) is 10.6 Å². The summed E-state index contributed by atoms with van der Waals surface area (Å²) in [5.41, 5.74) is 0. The largest absolute Gasteiger partial charge is 0.481 e. The summed E-state index contributed by atoms with van der Waals surface area (Å²) in [6.45, 7) is 1.87. The third-order valence-corrected chi connectivity index (χ3v) is 4.65. The van der Waals surface area contributed by atoms with Gasteiger partial charge in [0.25, 0.3) is 0 Å². The first-order valence-electron chi connectivity index (χ1n) is 7.84. The Morgan fingerprint density at radius 2 is 2.00 bits per heavy atom. The fourth-order valence-corrected chi connectivity index (χ4v) is 3.46. The lowest BCUT2D eigenvalue weighted by Crippen LogP contribution is -2.56. The first-order chi connectivity index (χ1) is 9.56. The molecule has 0 radical (unpaired) electrons. The van der Waals surface area contributed by atoms with Crippen molar-refractivity contribution in [2.75, 3.05) is 0 Å². The molecule has 1 aliphatic carbocycles. The molecule has 0 aromatic carbocycles. The Bertz CT molecular complexity index is 359. The van der Waals surface area contributed by atoms with Crippen LogP contribution >= 0.6 is 0 Å². The van der Waals surface area contributed by atoms with Crippen LogP contribution in [-0.4, -0.2) is 35.1 Å². The standard InChI is InChI=1S/C15H26N2O3/c1-10(6-9-14(18)19)16-15(20)13-8-7-11-4-2-3-5-12(11)17-13/h10-13,17H,2-9H2,1H3,(H,16,20)(H,18,19). The maximum atomic E-state index is 12.2. The van der Waals surface area contributed by atoms with E-state index in [-0.39, 0.29) is 24.4 Å². The van der Waals surface area contributed by atoms with Gasteiger partial charge in [-0.15, -0.1) is 0 Å². The van der Waals surface area contributed by atoms with Gasteiger partial charge < -0.3 is 15.7 Å². The molecular formula is C15H26N2O3. The lowest BCUT2D eigenvalue weighted by Gasteiger charge is -2.40. The van der Waals surface area contributed by atoms with E-state index in [0.717, 1.165) is 18.8 Å². The van der Waals surface area contributed by atoms with E-state index in [1.54, 1.807) is 0 Å². The van der Waals surface area contributed by atoms with Gasteiger partial charge in [0.2, 0.25) is 5.91 Å². The van der Waals surface area contributed by atoms with Gasteiger partial charge >= 0.3 is 5.97 Å². The Morgan fingerprint density at radius 3 is 2.75 bits per heavy atom. The molecule has 1 saturated carbocycles. The molecule has 1 amide bonds. The van der Waals surface area contributed by atoms with Crippen molar-refractivity contribution in [1.29, 1.82) is 0 Å². The van der Waals surface area contributed by atoms with E-state index in [4.69, 9.17) is 5.11 Å². The molecule has 0 aromatic rings. The van der Waals surface area contributed by atoms with E-state index < -0.39 is 5.97 Å². The molecule has 4 atom stereocenters. The van der Waals surface area contributed by atoms with Gasteiger partial charge in [-0.1, -0.05) is 12.8 Å². The summed E-state index contributed by atoms with van der Waals surface area (Å²) in [7, 11) is 0. The second kappa shape index (κ2) is 7.07. The topological polar surface area (TPSA) is 78.4 Å². The van der Waals surface area contributed by atoms with Crippen LogP contribution in [0.2, 0.25) is 0 Å². The quantitative estimate of drug-likeness (QED) is 0.716. The maximum absolute atomic E-state index is 12.2. The lowest BCUT2D eigenvalue weighted by molar-refractivity contribution is -0.137. The number of carboxylic acid groups (broad SMARTS) is 1. The Hall–Kier alpha value is -1.10. The zero-order valence-corrected chi connectivity index (χ0v) is 12.2. The van der Waals surface area contributed by atoms with E-state index in [1.165, 1.54) is 25.7 Å². The fourth-order valence-electron chi connectivity index (χ4n) is 3.46. The van der Waals surface area contributed by atoms with Crippen molar-refractivity contribution in [2.24, 2.45) is 5.92 Å². The third-order valence-electron chi connectivity index (χ3n) is 4.65. The number of hydrogen-bond acceptors (Lipinski definition) is 3. The van der Waals surface area contributed by atoms with Crippen LogP contribution in [0.1, 0.15) is 58.3 Å². The van der Waals surface area contributed by atoms with Crippen LogP contribution < -0.4 is 10.6 Å².